The summed E-state index contributed by atoms with van der Waals surface area (Å²) in [7, 11) is 0. The first-order valence-electron chi connectivity index (χ1n) is 7.98. The maximum Gasteiger partial charge on any atom is 0.325 e. The van der Waals surface area contributed by atoms with Gasteiger partial charge in [0.2, 0.25) is 0 Å². The van der Waals surface area contributed by atoms with Gasteiger partial charge in [-0.1, -0.05) is 19.3 Å². The predicted molar refractivity (Wildman–Crippen MR) is 90.2 cm³/mol. The molecule has 2 fully saturated rings. The van der Waals surface area contributed by atoms with E-state index >= 15 is 0 Å². The second-order valence-corrected chi connectivity index (χ2v) is 7.11. The van der Waals surface area contributed by atoms with E-state index in [4.69, 9.17) is 0 Å². The largest absolute Gasteiger partial charge is 0.356 e. The lowest BCUT2D eigenvalue weighted by Crippen LogP contribution is -2.50. The van der Waals surface area contributed by atoms with E-state index in [0.717, 1.165) is 24.2 Å². The highest BCUT2D eigenvalue weighted by atomic mass is 79.9. The van der Waals surface area contributed by atoms with E-state index < -0.39 is 29.9 Å². The van der Waals surface area contributed by atoms with E-state index in [1.807, 2.05) is 0 Å². The molecule has 9 nitrogen and oxygen atoms in total. The number of carbonyl (C=O) groups excluding carboxylic acids is 4. The van der Waals surface area contributed by atoms with Crippen molar-refractivity contribution in [3.63, 3.8) is 0 Å². The first-order chi connectivity index (χ1) is 11.9. The van der Waals surface area contributed by atoms with Crippen LogP contribution >= 0.6 is 15.9 Å². The van der Waals surface area contributed by atoms with Crippen LogP contribution in [0.2, 0.25) is 0 Å². The lowest BCUT2D eigenvalue weighted by Gasteiger charge is -2.30. The standard InChI is InChI=1S/C15H18BrN5O4/c16-9-6-10(17-7-9)12(23)20-19-11(22)8-21-13(24)15(18-14(21)25)4-2-1-3-5-15/h6-7,17H,1-5,8H2,(H,18,25)(H,19,22)(H,20,23). The van der Waals surface area contributed by atoms with Gasteiger partial charge in [-0.3, -0.25) is 30.1 Å². The van der Waals surface area contributed by atoms with E-state index in [1.165, 1.54) is 0 Å². The first-order valence-corrected chi connectivity index (χ1v) is 8.78. The summed E-state index contributed by atoms with van der Waals surface area (Å²) in [6.07, 6.45) is 5.53. The Morgan fingerprint density at radius 3 is 2.56 bits per heavy atom. The molecule has 0 aromatic carbocycles. The zero-order chi connectivity index (χ0) is 18.0. The normalized spacial score (nSPS) is 19.0. The van der Waals surface area contributed by atoms with Crippen molar-refractivity contribution in [3.05, 3.63) is 22.4 Å². The molecule has 1 spiro atoms. The van der Waals surface area contributed by atoms with E-state index in [-0.39, 0.29) is 11.6 Å². The molecule has 4 N–H and O–H groups in total. The van der Waals surface area contributed by atoms with Gasteiger partial charge in [0.15, 0.2) is 0 Å². The molecule has 1 aromatic heterocycles. The highest BCUT2D eigenvalue weighted by molar-refractivity contribution is 9.10. The number of H-pyrrole nitrogens is 1. The summed E-state index contributed by atoms with van der Waals surface area (Å²) in [6.45, 7) is -0.443. The number of urea groups is 1. The third kappa shape index (κ3) is 3.53. The molecular weight excluding hydrogens is 394 g/mol. The van der Waals surface area contributed by atoms with Gasteiger partial charge in [0.1, 0.15) is 17.8 Å². The average molecular weight is 412 g/mol. The van der Waals surface area contributed by atoms with E-state index in [9.17, 15) is 19.2 Å². The second kappa shape index (κ2) is 6.87. The van der Waals surface area contributed by atoms with Crippen molar-refractivity contribution in [2.24, 2.45) is 0 Å². The maximum atomic E-state index is 12.6. The van der Waals surface area contributed by atoms with Crippen LogP contribution in [0.5, 0.6) is 0 Å². The van der Waals surface area contributed by atoms with Gasteiger partial charge < -0.3 is 10.3 Å². The van der Waals surface area contributed by atoms with Crippen LogP contribution in [0, 0.1) is 0 Å². The third-order valence-electron chi connectivity index (χ3n) is 4.46. The molecule has 25 heavy (non-hydrogen) atoms. The number of carbonyl (C=O) groups is 4. The van der Waals surface area contributed by atoms with Crippen LogP contribution in [0.15, 0.2) is 16.7 Å². The van der Waals surface area contributed by atoms with Crippen LogP contribution in [-0.2, 0) is 9.59 Å². The average Bonchev–Trinajstić information content (AvgIpc) is 3.11. The number of imide groups is 1. The van der Waals surface area contributed by atoms with Crippen LogP contribution in [0.25, 0.3) is 0 Å². The van der Waals surface area contributed by atoms with Crippen LogP contribution < -0.4 is 16.2 Å². The van der Waals surface area contributed by atoms with Gasteiger partial charge in [-0.25, -0.2) is 4.79 Å². The molecule has 0 unspecified atom stereocenters. The van der Waals surface area contributed by atoms with Gasteiger partial charge in [0.05, 0.1) is 0 Å². The van der Waals surface area contributed by atoms with Crippen molar-refractivity contribution in [1.82, 2.24) is 26.1 Å². The van der Waals surface area contributed by atoms with Gasteiger partial charge in [-0.2, -0.15) is 0 Å². The predicted octanol–water partition coefficient (Wildman–Crippen LogP) is 0.793. The number of rotatable bonds is 3. The van der Waals surface area contributed by atoms with Crippen LogP contribution in [0.1, 0.15) is 42.6 Å². The number of hydrazine groups is 1. The minimum Gasteiger partial charge on any atom is -0.356 e. The quantitative estimate of drug-likeness (QED) is 0.433. The van der Waals surface area contributed by atoms with E-state index in [1.54, 1.807) is 12.3 Å². The van der Waals surface area contributed by atoms with E-state index in [0.29, 0.717) is 17.3 Å². The zero-order valence-corrected chi connectivity index (χ0v) is 14.9. The lowest BCUT2D eigenvalue weighted by atomic mass is 9.82. The summed E-state index contributed by atoms with van der Waals surface area (Å²) in [4.78, 5) is 52.1. The Hall–Kier alpha value is -2.36. The molecule has 134 valence electrons. The highest BCUT2D eigenvalue weighted by Crippen LogP contribution is 2.33. The summed E-state index contributed by atoms with van der Waals surface area (Å²) in [5.74, 6) is -1.57. The molecule has 1 aliphatic heterocycles. The molecule has 2 aliphatic rings. The van der Waals surface area contributed by atoms with Crippen molar-refractivity contribution in [2.45, 2.75) is 37.6 Å². The first kappa shape index (κ1) is 17.5. The molecule has 1 aromatic rings. The monoisotopic (exact) mass is 411 g/mol. The Labute approximate surface area is 152 Å². The zero-order valence-electron chi connectivity index (χ0n) is 13.4. The molecule has 0 radical (unpaired) electrons. The van der Waals surface area contributed by atoms with Crippen molar-refractivity contribution >= 4 is 39.7 Å². The van der Waals surface area contributed by atoms with Gasteiger partial charge in [0.25, 0.3) is 17.7 Å². The van der Waals surface area contributed by atoms with Crippen molar-refractivity contribution in [2.75, 3.05) is 6.54 Å². The molecule has 1 saturated heterocycles. The smallest absolute Gasteiger partial charge is 0.325 e. The van der Waals surface area contributed by atoms with Crippen molar-refractivity contribution in [1.29, 1.82) is 0 Å². The van der Waals surface area contributed by atoms with Gasteiger partial charge in [-0.05, 0) is 34.8 Å². The second-order valence-electron chi connectivity index (χ2n) is 6.20. The molecule has 0 atom stereocenters. The Bertz CT molecular complexity index is 725. The number of aromatic amines is 1. The summed E-state index contributed by atoms with van der Waals surface area (Å²) in [5, 5.41) is 2.73. The lowest BCUT2D eigenvalue weighted by molar-refractivity contribution is -0.136. The minimum atomic E-state index is -0.866. The van der Waals surface area contributed by atoms with Gasteiger partial charge in [0, 0.05) is 10.7 Å². The van der Waals surface area contributed by atoms with Crippen LogP contribution in [0.3, 0.4) is 0 Å². The minimum absolute atomic E-state index is 0.253. The number of aromatic nitrogens is 1. The molecule has 1 aliphatic carbocycles. The maximum absolute atomic E-state index is 12.6. The Balaban J connectivity index is 1.55. The SMILES string of the molecule is O=C(CN1C(=O)NC2(CCCCC2)C1=O)NNC(=O)c1cc(Br)c[nH]1. The van der Waals surface area contributed by atoms with Crippen molar-refractivity contribution < 1.29 is 19.2 Å². The molecule has 0 bridgehead atoms. The third-order valence-corrected chi connectivity index (χ3v) is 4.92. The summed E-state index contributed by atoms with van der Waals surface area (Å²) < 4.78 is 0.695. The molecular formula is C15H18BrN5O4. The Morgan fingerprint density at radius 1 is 1.20 bits per heavy atom. The summed E-state index contributed by atoms with van der Waals surface area (Å²) >= 11 is 3.20. The molecule has 5 amide bonds. The number of hydrogen-bond acceptors (Lipinski definition) is 4. The van der Waals surface area contributed by atoms with E-state index in [2.05, 4.69) is 37.1 Å². The number of nitrogens with one attached hydrogen (secondary N) is 4. The van der Waals surface area contributed by atoms with Gasteiger partial charge in [-0.15, -0.1) is 0 Å². The molecule has 3 rings (SSSR count). The number of hydrogen-bond donors (Lipinski definition) is 4. The summed E-state index contributed by atoms with van der Waals surface area (Å²) in [6, 6.07) is 0.979. The Kier molecular flexibility index (Phi) is 4.80. The molecule has 1 saturated carbocycles. The fourth-order valence-corrected chi connectivity index (χ4v) is 3.53. The summed E-state index contributed by atoms with van der Waals surface area (Å²) in [5.41, 5.74) is 3.82. The number of halogens is 1. The fourth-order valence-electron chi connectivity index (χ4n) is 3.19. The van der Waals surface area contributed by atoms with Crippen LogP contribution in [0.4, 0.5) is 4.79 Å². The molecule has 10 heteroatoms. The number of nitrogens with zero attached hydrogens (tertiary/aromatic N) is 1. The fraction of sp³-hybridized carbons (Fsp3) is 0.467. The topological polar surface area (TPSA) is 123 Å². The Morgan fingerprint density at radius 2 is 1.92 bits per heavy atom. The number of amides is 5. The van der Waals surface area contributed by atoms with Crippen molar-refractivity contribution in [3.8, 4) is 0 Å². The molecule has 2 heterocycles. The van der Waals surface area contributed by atoms with Gasteiger partial charge >= 0.3 is 6.03 Å². The van der Waals surface area contributed by atoms with Crippen LogP contribution in [-0.4, -0.2) is 45.7 Å². The highest BCUT2D eigenvalue weighted by Gasteiger charge is 2.51.